The highest BCUT2D eigenvalue weighted by Crippen LogP contribution is 2.28. The van der Waals surface area contributed by atoms with Crippen LogP contribution in [-0.4, -0.2) is 20.6 Å². The Bertz CT molecular complexity index is 770. The van der Waals surface area contributed by atoms with Gasteiger partial charge in [-0.3, -0.25) is 4.79 Å². The predicted molar refractivity (Wildman–Crippen MR) is 74.4 cm³/mol. The fraction of sp³-hybridized carbons (Fsp3) is 0.200. The number of hydrogen-bond acceptors (Lipinski definition) is 3. The van der Waals surface area contributed by atoms with Gasteiger partial charge in [0.2, 0.25) is 0 Å². The highest BCUT2D eigenvalue weighted by atomic mass is 16.4. The minimum Gasteiger partial charge on any atom is -0.480 e. The van der Waals surface area contributed by atoms with Gasteiger partial charge in [0, 0.05) is 6.42 Å². The van der Waals surface area contributed by atoms with Gasteiger partial charge in [0.25, 0.3) is 0 Å². The molecule has 1 N–H and O–H groups in total. The van der Waals surface area contributed by atoms with E-state index in [1.807, 2.05) is 37.3 Å². The molecular formula is C15H14N2O3. The van der Waals surface area contributed by atoms with Gasteiger partial charge in [0.1, 0.15) is 18.1 Å². The molecule has 2 aromatic heterocycles. The number of carboxylic acid groups (broad SMARTS) is 1. The number of carbonyl (C=O) groups is 1. The van der Waals surface area contributed by atoms with Crippen molar-refractivity contribution >= 4 is 17.0 Å². The average Bonchev–Trinajstić information content (AvgIpc) is 3.02. The molecule has 102 valence electrons. The number of furan rings is 1. The molecule has 0 aliphatic rings. The van der Waals surface area contributed by atoms with Crippen LogP contribution in [-0.2, 0) is 17.8 Å². The van der Waals surface area contributed by atoms with Crippen molar-refractivity contribution in [3.63, 3.8) is 0 Å². The molecule has 0 atom stereocenters. The number of rotatable bonds is 4. The maximum Gasteiger partial charge on any atom is 0.323 e. The molecule has 0 fully saturated rings. The lowest BCUT2D eigenvalue weighted by molar-refractivity contribution is -0.137. The summed E-state index contributed by atoms with van der Waals surface area (Å²) >= 11 is 0. The van der Waals surface area contributed by atoms with Crippen LogP contribution in [0.2, 0.25) is 0 Å². The summed E-state index contributed by atoms with van der Waals surface area (Å²) in [7, 11) is 0. The molecule has 0 spiro atoms. The van der Waals surface area contributed by atoms with Gasteiger partial charge in [-0.1, -0.05) is 19.1 Å². The van der Waals surface area contributed by atoms with Gasteiger partial charge in [0.05, 0.1) is 22.9 Å². The summed E-state index contributed by atoms with van der Waals surface area (Å²) in [6.07, 6.45) is 2.34. The molecule has 3 rings (SSSR count). The fourth-order valence-electron chi connectivity index (χ4n) is 2.39. The third kappa shape index (κ3) is 1.97. The Morgan fingerprint density at radius 3 is 2.90 bits per heavy atom. The zero-order chi connectivity index (χ0) is 14.1. The Morgan fingerprint density at radius 2 is 2.15 bits per heavy atom. The fourth-order valence-corrected chi connectivity index (χ4v) is 2.39. The quantitative estimate of drug-likeness (QED) is 0.791. The van der Waals surface area contributed by atoms with E-state index >= 15 is 0 Å². The minimum absolute atomic E-state index is 0.121. The molecule has 5 heteroatoms. The Morgan fingerprint density at radius 1 is 1.35 bits per heavy atom. The van der Waals surface area contributed by atoms with Crippen LogP contribution >= 0.6 is 0 Å². The lowest BCUT2D eigenvalue weighted by Gasteiger charge is -2.05. The van der Waals surface area contributed by atoms with Crippen molar-refractivity contribution in [3.8, 4) is 11.4 Å². The second-order valence-electron chi connectivity index (χ2n) is 4.52. The number of para-hydroxylation sites is 2. The predicted octanol–water partition coefficient (Wildman–Crippen LogP) is 2.94. The lowest BCUT2D eigenvalue weighted by Crippen LogP contribution is -2.10. The first-order valence-electron chi connectivity index (χ1n) is 6.44. The first-order valence-corrected chi connectivity index (χ1v) is 6.44. The molecule has 0 aliphatic heterocycles. The number of fused-ring (bicyclic) bond motifs is 1. The van der Waals surface area contributed by atoms with E-state index in [0.717, 1.165) is 28.8 Å². The number of aliphatic carboxylic acids is 1. The normalized spacial score (nSPS) is 11.1. The second-order valence-corrected chi connectivity index (χ2v) is 4.52. The van der Waals surface area contributed by atoms with Crippen LogP contribution in [0.5, 0.6) is 0 Å². The Hall–Kier alpha value is -2.56. The number of carboxylic acids is 1. The van der Waals surface area contributed by atoms with Gasteiger partial charge in [-0.25, -0.2) is 4.98 Å². The summed E-state index contributed by atoms with van der Waals surface area (Å²) in [6, 6.07) is 9.35. The lowest BCUT2D eigenvalue weighted by atomic mass is 10.2. The van der Waals surface area contributed by atoms with Crippen LogP contribution in [0.1, 0.15) is 12.7 Å². The molecule has 2 heterocycles. The van der Waals surface area contributed by atoms with Crippen molar-refractivity contribution in [1.29, 1.82) is 0 Å². The molecule has 0 radical (unpaired) electrons. The van der Waals surface area contributed by atoms with Crippen molar-refractivity contribution in [2.24, 2.45) is 0 Å². The van der Waals surface area contributed by atoms with Crippen LogP contribution in [0.15, 0.2) is 41.0 Å². The van der Waals surface area contributed by atoms with Crippen LogP contribution in [0.3, 0.4) is 0 Å². The first-order chi connectivity index (χ1) is 9.70. The van der Waals surface area contributed by atoms with E-state index in [9.17, 15) is 4.79 Å². The zero-order valence-corrected chi connectivity index (χ0v) is 11.0. The van der Waals surface area contributed by atoms with Crippen LogP contribution in [0, 0.1) is 0 Å². The maximum atomic E-state index is 11.1. The molecule has 0 bridgehead atoms. The molecule has 0 unspecified atom stereocenters. The van der Waals surface area contributed by atoms with Gasteiger partial charge in [-0.05, 0) is 18.2 Å². The van der Waals surface area contributed by atoms with Crippen LogP contribution < -0.4 is 0 Å². The Kier molecular flexibility index (Phi) is 3.02. The number of aryl methyl sites for hydroxylation is 1. The summed E-state index contributed by atoms with van der Waals surface area (Å²) in [5.74, 6) is 0.557. The second kappa shape index (κ2) is 4.85. The number of nitrogens with zero attached hydrogens (tertiary/aromatic N) is 2. The van der Waals surface area contributed by atoms with E-state index in [-0.39, 0.29) is 6.54 Å². The van der Waals surface area contributed by atoms with Crippen molar-refractivity contribution < 1.29 is 14.3 Å². The summed E-state index contributed by atoms with van der Waals surface area (Å²) < 4.78 is 7.13. The van der Waals surface area contributed by atoms with E-state index < -0.39 is 5.97 Å². The van der Waals surface area contributed by atoms with Crippen LogP contribution in [0.4, 0.5) is 0 Å². The molecule has 0 saturated heterocycles. The van der Waals surface area contributed by atoms with Gasteiger partial charge in [0.15, 0.2) is 0 Å². The largest absolute Gasteiger partial charge is 0.480 e. The van der Waals surface area contributed by atoms with E-state index in [4.69, 9.17) is 9.52 Å². The van der Waals surface area contributed by atoms with E-state index in [0.29, 0.717) is 5.82 Å². The van der Waals surface area contributed by atoms with Crippen LogP contribution in [0.25, 0.3) is 22.4 Å². The number of hydrogen-bond donors (Lipinski definition) is 1. The maximum absolute atomic E-state index is 11.1. The van der Waals surface area contributed by atoms with Crippen molar-refractivity contribution in [2.45, 2.75) is 19.9 Å². The summed E-state index contributed by atoms with van der Waals surface area (Å²) in [5, 5.41) is 9.12. The zero-order valence-electron chi connectivity index (χ0n) is 11.0. The summed E-state index contributed by atoms with van der Waals surface area (Å²) in [5.41, 5.74) is 2.45. The Labute approximate surface area is 115 Å². The molecule has 0 amide bonds. The Balaban J connectivity index is 2.26. The number of benzene rings is 1. The topological polar surface area (TPSA) is 68.3 Å². The minimum atomic E-state index is -0.893. The van der Waals surface area contributed by atoms with Crippen molar-refractivity contribution in [2.75, 3.05) is 0 Å². The van der Waals surface area contributed by atoms with Gasteiger partial charge >= 0.3 is 5.97 Å². The van der Waals surface area contributed by atoms with Gasteiger partial charge in [-0.15, -0.1) is 0 Å². The van der Waals surface area contributed by atoms with Crippen molar-refractivity contribution in [3.05, 3.63) is 42.4 Å². The molecule has 0 aliphatic carbocycles. The van der Waals surface area contributed by atoms with E-state index in [1.165, 1.54) is 0 Å². The SMILES string of the molecule is CCc1occc1-c1nc2ccccc2n1CC(=O)O. The molecule has 3 aromatic rings. The highest BCUT2D eigenvalue weighted by Gasteiger charge is 2.18. The smallest absolute Gasteiger partial charge is 0.323 e. The molecule has 5 nitrogen and oxygen atoms in total. The molecule has 1 aromatic carbocycles. The molecular weight excluding hydrogens is 256 g/mol. The third-order valence-electron chi connectivity index (χ3n) is 3.26. The number of aromatic nitrogens is 2. The summed E-state index contributed by atoms with van der Waals surface area (Å²) in [4.78, 5) is 15.7. The van der Waals surface area contributed by atoms with E-state index in [1.54, 1.807) is 10.8 Å². The van der Waals surface area contributed by atoms with Gasteiger partial charge in [-0.2, -0.15) is 0 Å². The van der Waals surface area contributed by atoms with E-state index in [2.05, 4.69) is 4.98 Å². The van der Waals surface area contributed by atoms with Crippen molar-refractivity contribution in [1.82, 2.24) is 9.55 Å². The average molecular weight is 270 g/mol. The number of imidazole rings is 1. The summed E-state index contributed by atoms with van der Waals surface area (Å²) in [6.45, 7) is 1.87. The molecule has 0 saturated carbocycles. The third-order valence-corrected chi connectivity index (χ3v) is 3.26. The first kappa shape index (κ1) is 12.5. The highest BCUT2D eigenvalue weighted by molar-refractivity contribution is 5.83. The standard InChI is InChI=1S/C15H14N2O3/c1-2-13-10(7-8-20-13)15-16-11-5-3-4-6-12(11)17(15)9-14(18)19/h3-8H,2,9H2,1H3,(H,18,19). The monoisotopic (exact) mass is 270 g/mol. The van der Waals surface area contributed by atoms with Gasteiger partial charge < -0.3 is 14.1 Å². The molecule has 20 heavy (non-hydrogen) atoms.